The number of amides is 2. The zero-order valence-corrected chi connectivity index (χ0v) is 16.9. The van der Waals surface area contributed by atoms with Gasteiger partial charge in [0.25, 0.3) is 0 Å². The predicted molar refractivity (Wildman–Crippen MR) is 101 cm³/mol. The van der Waals surface area contributed by atoms with E-state index < -0.39 is 47.8 Å². The highest BCUT2D eigenvalue weighted by molar-refractivity contribution is 6.09. The van der Waals surface area contributed by atoms with Gasteiger partial charge in [-0.05, 0) is 32.0 Å². The number of nitrogens with zero attached hydrogens (tertiary/aromatic N) is 1. The summed E-state index contributed by atoms with van der Waals surface area (Å²) in [5, 5.41) is 13.3. The maximum Gasteiger partial charge on any atom is 0.329 e. The molecule has 2 saturated heterocycles. The zero-order chi connectivity index (χ0) is 21.3. The van der Waals surface area contributed by atoms with Crippen molar-refractivity contribution < 1.29 is 33.7 Å². The minimum atomic E-state index is -1.73. The Bertz CT molecular complexity index is 827. The molecule has 0 spiro atoms. The number of esters is 1. The lowest BCUT2D eigenvalue weighted by molar-refractivity contribution is -0.158. The number of methoxy groups -OCH3 is 2. The lowest BCUT2D eigenvalue weighted by Gasteiger charge is -2.31. The molecule has 1 aromatic rings. The number of hydrogen-bond donors (Lipinski definition) is 2. The van der Waals surface area contributed by atoms with E-state index in [2.05, 4.69) is 5.32 Å². The van der Waals surface area contributed by atoms with Crippen molar-refractivity contribution in [1.82, 2.24) is 10.2 Å². The number of carbonyl (C=O) groups is 3. The van der Waals surface area contributed by atoms with Gasteiger partial charge in [-0.15, -0.1) is 0 Å². The van der Waals surface area contributed by atoms with Crippen LogP contribution in [0.3, 0.4) is 0 Å². The van der Waals surface area contributed by atoms with E-state index in [9.17, 15) is 19.5 Å². The van der Waals surface area contributed by atoms with Crippen molar-refractivity contribution in [3.63, 3.8) is 0 Å². The third-order valence-electron chi connectivity index (χ3n) is 5.72. The maximum absolute atomic E-state index is 13.1. The number of rotatable bonds is 7. The molecule has 2 aliphatic rings. The summed E-state index contributed by atoms with van der Waals surface area (Å²) in [5.74, 6) is -2.64. The van der Waals surface area contributed by atoms with Crippen LogP contribution in [0, 0.1) is 11.8 Å². The first kappa shape index (κ1) is 21.1. The molecular weight excluding hydrogens is 380 g/mol. The largest absolute Gasteiger partial charge is 0.497 e. The quantitative estimate of drug-likeness (QED) is 0.490. The van der Waals surface area contributed by atoms with Crippen molar-refractivity contribution in [3.05, 3.63) is 23.8 Å². The minimum Gasteiger partial charge on any atom is -0.497 e. The molecule has 158 valence electrons. The highest BCUT2D eigenvalue weighted by Gasteiger charge is 2.68. The van der Waals surface area contributed by atoms with Gasteiger partial charge in [-0.3, -0.25) is 19.8 Å². The Kier molecular flexibility index (Phi) is 5.81. The summed E-state index contributed by atoms with van der Waals surface area (Å²) in [5.41, 5.74) is -1.17. The van der Waals surface area contributed by atoms with E-state index in [1.807, 2.05) is 0 Å². The van der Waals surface area contributed by atoms with Crippen LogP contribution >= 0.6 is 0 Å². The van der Waals surface area contributed by atoms with Gasteiger partial charge in [-0.25, -0.2) is 4.79 Å². The van der Waals surface area contributed by atoms with Gasteiger partial charge in [-0.1, -0.05) is 0 Å². The van der Waals surface area contributed by atoms with E-state index >= 15 is 0 Å². The normalized spacial score (nSPS) is 28.4. The molecule has 0 unspecified atom stereocenters. The molecule has 2 heterocycles. The number of benzene rings is 1. The molecule has 2 N–H and O–H groups in total. The molecule has 2 fully saturated rings. The number of aliphatic hydroxyl groups excluding tert-OH is 1. The van der Waals surface area contributed by atoms with Crippen LogP contribution in [-0.2, 0) is 19.1 Å². The van der Waals surface area contributed by atoms with Crippen molar-refractivity contribution in [2.24, 2.45) is 11.8 Å². The van der Waals surface area contributed by atoms with E-state index in [0.717, 1.165) is 4.90 Å². The van der Waals surface area contributed by atoms with Gasteiger partial charge in [0, 0.05) is 18.2 Å². The van der Waals surface area contributed by atoms with Crippen LogP contribution in [-0.4, -0.2) is 67.3 Å². The lowest BCUT2D eigenvalue weighted by atomic mass is 9.79. The molecule has 4 atom stereocenters. The summed E-state index contributed by atoms with van der Waals surface area (Å²) in [4.78, 5) is 40.2. The molecule has 0 bridgehead atoms. The molecule has 9 nitrogen and oxygen atoms in total. The van der Waals surface area contributed by atoms with Crippen LogP contribution in [0.25, 0.3) is 0 Å². The third-order valence-corrected chi connectivity index (χ3v) is 5.72. The van der Waals surface area contributed by atoms with Crippen LogP contribution in [0.2, 0.25) is 0 Å². The van der Waals surface area contributed by atoms with Crippen LogP contribution in [0.4, 0.5) is 0 Å². The van der Waals surface area contributed by atoms with Crippen molar-refractivity contribution >= 4 is 17.8 Å². The standard InChI is InChI=1S/C20H26N2O7/c1-5-22-17(24)14-15(18(22)25)20(10-23,19(26)29-6-2)21-16(14)12-9-11(27-3)7-8-13(12)28-4/h7-9,14-16,21,23H,5-6,10H2,1-4H3/t14-,15+,16+,20+/m0/s1. The monoisotopic (exact) mass is 406 g/mol. The molecule has 3 rings (SSSR count). The number of likely N-dealkylation sites (tertiary alicyclic amines) is 1. The first-order chi connectivity index (χ1) is 13.9. The fraction of sp³-hybridized carbons (Fsp3) is 0.550. The van der Waals surface area contributed by atoms with Gasteiger partial charge in [0.05, 0.1) is 39.3 Å². The fourth-order valence-electron chi connectivity index (χ4n) is 4.38. The second-order valence-electron chi connectivity index (χ2n) is 7.00. The van der Waals surface area contributed by atoms with Crippen molar-refractivity contribution in [1.29, 1.82) is 0 Å². The number of aliphatic hydroxyl groups is 1. The van der Waals surface area contributed by atoms with E-state index in [4.69, 9.17) is 14.2 Å². The van der Waals surface area contributed by atoms with Crippen molar-refractivity contribution in [3.8, 4) is 11.5 Å². The first-order valence-corrected chi connectivity index (χ1v) is 9.53. The molecule has 29 heavy (non-hydrogen) atoms. The van der Waals surface area contributed by atoms with Gasteiger partial charge in [0.1, 0.15) is 11.5 Å². The number of carbonyl (C=O) groups excluding carboxylic acids is 3. The van der Waals surface area contributed by atoms with Crippen molar-refractivity contribution in [2.45, 2.75) is 25.4 Å². The molecule has 2 amide bonds. The summed E-state index contributed by atoms with van der Waals surface area (Å²) in [6.45, 7) is 2.89. The summed E-state index contributed by atoms with van der Waals surface area (Å²) in [7, 11) is 3.00. The Morgan fingerprint density at radius 1 is 1.21 bits per heavy atom. The fourth-order valence-corrected chi connectivity index (χ4v) is 4.38. The van der Waals surface area contributed by atoms with E-state index in [1.54, 1.807) is 32.0 Å². The molecule has 9 heteroatoms. The zero-order valence-electron chi connectivity index (χ0n) is 16.9. The topological polar surface area (TPSA) is 114 Å². The Morgan fingerprint density at radius 2 is 1.93 bits per heavy atom. The maximum atomic E-state index is 13.1. The molecule has 0 saturated carbocycles. The Labute approximate surface area is 168 Å². The number of fused-ring (bicyclic) bond motifs is 1. The summed E-state index contributed by atoms with van der Waals surface area (Å²) >= 11 is 0. The molecule has 0 aliphatic carbocycles. The Morgan fingerprint density at radius 3 is 2.48 bits per heavy atom. The van der Waals surface area contributed by atoms with Crippen LogP contribution < -0.4 is 14.8 Å². The number of hydrogen-bond acceptors (Lipinski definition) is 8. The highest BCUT2D eigenvalue weighted by Crippen LogP contribution is 2.50. The average Bonchev–Trinajstić information content (AvgIpc) is 3.21. The third kappa shape index (κ3) is 3.05. The molecule has 2 aliphatic heterocycles. The predicted octanol–water partition coefficient (Wildman–Crippen LogP) is 0.263. The van der Waals surface area contributed by atoms with Gasteiger partial charge in [0.2, 0.25) is 11.8 Å². The van der Waals surface area contributed by atoms with E-state index in [-0.39, 0.29) is 13.2 Å². The Balaban J connectivity index is 2.18. The van der Waals surface area contributed by atoms with Gasteiger partial charge in [-0.2, -0.15) is 0 Å². The smallest absolute Gasteiger partial charge is 0.329 e. The van der Waals surface area contributed by atoms with Crippen LogP contribution in [0.1, 0.15) is 25.5 Å². The SMILES string of the molecule is CCOC(=O)[C@]1(CO)N[C@H](c2cc(OC)ccc2OC)[C@H]2C(=O)N(CC)C(=O)[C@@H]21. The lowest BCUT2D eigenvalue weighted by Crippen LogP contribution is -2.59. The molecule has 1 aromatic carbocycles. The van der Waals surface area contributed by atoms with Crippen molar-refractivity contribution in [2.75, 3.05) is 34.0 Å². The summed E-state index contributed by atoms with van der Waals surface area (Å²) < 4.78 is 15.9. The summed E-state index contributed by atoms with van der Waals surface area (Å²) in [6.07, 6.45) is 0. The van der Waals surface area contributed by atoms with Gasteiger partial charge >= 0.3 is 5.97 Å². The highest BCUT2D eigenvalue weighted by atomic mass is 16.5. The second kappa shape index (κ2) is 8.00. The van der Waals surface area contributed by atoms with E-state index in [0.29, 0.717) is 17.1 Å². The first-order valence-electron chi connectivity index (χ1n) is 9.53. The molecule has 0 aromatic heterocycles. The Hall–Kier alpha value is -2.65. The number of nitrogens with one attached hydrogen (secondary N) is 1. The number of ether oxygens (including phenoxy) is 3. The van der Waals surface area contributed by atoms with E-state index in [1.165, 1.54) is 14.2 Å². The summed E-state index contributed by atoms with van der Waals surface area (Å²) in [6, 6.07) is 4.33. The van der Waals surface area contributed by atoms with Gasteiger partial charge in [0.15, 0.2) is 5.54 Å². The second-order valence-corrected chi connectivity index (χ2v) is 7.00. The van der Waals surface area contributed by atoms with Crippen LogP contribution in [0.5, 0.6) is 11.5 Å². The van der Waals surface area contributed by atoms with Gasteiger partial charge < -0.3 is 19.3 Å². The average molecular weight is 406 g/mol. The minimum absolute atomic E-state index is 0.0758. The van der Waals surface area contributed by atoms with Crippen LogP contribution in [0.15, 0.2) is 18.2 Å². The molecular formula is C20H26N2O7. The molecule has 0 radical (unpaired) electrons. The number of imide groups is 1.